The van der Waals surface area contributed by atoms with E-state index < -0.39 is 0 Å². The highest BCUT2D eigenvalue weighted by atomic mass is 32.1. The molecule has 2 aromatic rings. The van der Waals surface area contributed by atoms with Gasteiger partial charge in [-0.1, -0.05) is 0 Å². The van der Waals surface area contributed by atoms with E-state index in [1.807, 2.05) is 12.3 Å². The van der Waals surface area contributed by atoms with Crippen molar-refractivity contribution in [2.75, 3.05) is 5.32 Å². The molecule has 78 valence electrons. The van der Waals surface area contributed by atoms with Gasteiger partial charge in [-0.3, -0.25) is 0 Å². The van der Waals surface area contributed by atoms with Crippen LogP contribution in [0.15, 0.2) is 23.7 Å². The second kappa shape index (κ2) is 3.47. The Labute approximate surface area is 91.8 Å². The third kappa shape index (κ3) is 1.60. The summed E-state index contributed by atoms with van der Waals surface area (Å²) in [6, 6.07) is 4.50. The Hall–Kier alpha value is -1.13. The van der Waals surface area contributed by atoms with Gasteiger partial charge in [0.05, 0.1) is 6.10 Å². The van der Waals surface area contributed by atoms with Crippen LogP contribution in [0.25, 0.3) is 10.1 Å². The van der Waals surface area contributed by atoms with Gasteiger partial charge in [0, 0.05) is 22.3 Å². The van der Waals surface area contributed by atoms with Gasteiger partial charge in [-0.2, -0.15) is 0 Å². The average molecular weight is 220 g/mol. The molecule has 0 aromatic carbocycles. The van der Waals surface area contributed by atoms with Gasteiger partial charge >= 0.3 is 0 Å². The molecule has 0 amide bonds. The molecule has 2 N–H and O–H groups in total. The highest BCUT2D eigenvalue weighted by Gasteiger charge is 2.27. The van der Waals surface area contributed by atoms with E-state index in [-0.39, 0.29) is 6.10 Å². The summed E-state index contributed by atoms with van der Waals surface area (Å²) in [5, 5.41) is 15.8. The molecule has 0 saturated heterocycles. The van der Waals surface area contributed by atoms with Crippen LogP contribution in [0.1, 0.15) is 12.8 Å². The Morgan fingerprint density at radius 2 is 2.27 bits per heavy atom. The van der Waals surface area contributed by atoms with Crippen LogP contribution < -0.4 is 5.32 Å². The van der Waals surface area contributed by atoms with Crippen LogP contribution in [0.2, 0.25) is 0 Å². The first-order chi connectivity index (χ1) is 7.33. The minimum absolute atomic E-state index is 0.121. The Kier molecular flexibility index (Phi) is 2.11. The second-order valence-electron chi connectivity index (χ2n) is 3.96. The minimum atomic E-state index is -0.121. The number of nitrogens with one attached hydrogen (secondary N) is 1. The molecule has 3 rings (SSSR count). The molecule has 0 spiro atoms. The Balaban J connectivity index is 1.87. The molecule has 2 aromatic heterocycles. The smallest absolute Gasteiger partial charge is 0.134 e. The fourth-order valence-corrected chi connectivity index (χ4v) is 2.69. The van der Waals surface area contributed by atoms with E-state index in [2.05, 4.69) is 21.7 Å². The van der Waals surface area contributed by atoms with E-state index in [1.54, 1.807) is 11.3 Å². The average Bonchev–Trinajstić information content (AvgIpc) is 2.64. The fraction of sp³-hybridized carbons (Fsp3) is 0.364. The monoisotopic (exact) mass is 220 g/mol. The van der Waals surface area contributed by atoms with E-state index in [9.17, 15) is 5.11 Å². The summed E-state index contributed by atoms with van der Waals surface area (Å²) in [5.74, 6) is 0.950. The number of aliphatic hydroxyl groups excluding tert-OH is 1. The summed E-state index contributed by atoms with van der Waals surface area (Å²) in [5.41, 5.74) is 0. The number of hydrogen-bond donors (Lipinski definition) is 2. The number of nitrogens with zero attached hydrogens (tertiary/aromatic N) is 1. The third-order valence-electron chi connectivity index (χ3n) is 2.83. The van der Waals surface area contributed by atoms with Crippen molar-refractivity contribution in [1.29, 1.82) is 0 Å². The van der Waals surface area contributed by atoms with E-state index in [4.69, 9.17) is 0 Å². The number of aromatic nitrogens is 1. The lowest BCUT2D eigenvalue weighted by Crippen LogP contribution is -2.39. The molecule has 4 heteroatoms. The first-order valence-corrected chi connectivity index (χ1v) is 5.98. The molecule has 0 aliphatic heterocycles. The Morgan fingerprint density at radius 3 is 3.07 bits per heavy atom. The van der Waals surface area contributed by atoms with Crippen LogP contribution in [-0.4, -0.2) is 22.2 Å². The summed E-state index contributed by atoms with van der Waals surface area (Å²) in [6.45, 7) is 0. The molecule has 3 nitrogen and oxygen atoms in total. The zero-order valence-corrected chi connectivity index (χ0v) is 9.00. The van der Waals surface area contributed by atoms with Crippen LogP contribution in [0.5, 0.6) is 0 Å². The third-order valence-corrected chi connectivity index (χ3v) is 3.72. The molecule has 1 aliphatic rings. The Morgan fingerprint density at radius 1 is 1.40 bits per heavy atom. The van der Waals surface area contributed by atoms with Gasteiger partial charge in [0.1, 0.15) is 5.82 Å². The molecule has 0 radical (unpaired) electrons. The number of thiophene rings is 1. The molecule has 0 bridgehead atoms. The second-order valence-corrected chi connectivity index (χ2v) is 4.91. The quantitative estimate of drug-likeness (QED) is 0.815. The first kappa shape index (κ1) is 9.12. The summed E-state index contributed by atoms with van der Waals surface area (Å²) >= 11 is 1.73. The van der Waals surface area contributed by atoms with Crippen molar-refractivity contribution in [3.8, 4) is 0 Å². The predicted octanol–water partition coefficient (Wildman–Crippen LogP) is 2.23. The fourth-order valence-electron chi connectivity index (χ4n) is 1.91. The highest BCUT2D eigenvalue weighted by Crippen LogP contribution is 2.29. The van der Waals surface area contributed by atoms with E-state index >= 15 is 0 Å². The molecule has 1 aliphatic carbocycles. The number of anilines is 1. The highest BCUT2D eigenvalue weighted by molar-refractivity contribution is 7.17. The van der Waals surface area contributed by atoms with E-state index in [1.165, 1.54) is 10.1 Å². The van der Waals surface area contributed by atoms with Gasteiger partial charge in [0.15, 0.2) is 0 Å². The van der Waals surface area contributed by atoms with Crippen LogP contribution >= 0.6 is 11.3 Å². The van der Waals surface area contributed by atoms with Crippen molar-refractivity contribution < 1.29 is 5.11 Å². The summed E-state index contributed by atoms with van der Waals surface area (Å²) < 4.78 is 1.26. The van der Waals surface area contributed by atoms with Crippen molar-refractivity contribution in [3.63, 3.8) is 0 Å². The molecule has 0 unspecified atom stereocenters. The van der Waals surface area contributed by atoms with Crippen LogP contribution in [0.4, 0.5) is 5.82 Å². The largest absolute Gasteiger partial charge is 0.393 e. The lowest BCUT2D eigenvalue weighted by Gasteiger charge is -2.32. The van der Waals surface area contributed by atoms with Gasteiger partial charge < -0.3 is 10.4 Å². The van der Waals surface area contributed by atoms with E-state index in [0.717, 1.165) is 18.7 Å². The number of pyridine rings is 1. The van der Waals surface area contributed by atoms with Gasteiger partial charge in [-0.15, -0.1) is 11.3 Å². The van der Waals surface area contributed by atoms with Gasteiger partial charge in [0.25, 0.3) is 0 Å². The standard InChI is InChI=1S/C11H12N2OS/c14-8-5-7(6-8)13-11-9-2-4-15-10(9)1-3-12-11/h1-4,7-8,14H,5-6H2,(H,12,13). The van der Waals surface area contributed by atoms with Gasteiger partial charge in [-0.25, -0.2) is 4.98 Å². The Bertz CT molecular complexity index is 476. The van der Waals surface area contributed by atoms with Crippen molar-refractivity contribution >= 4 is 27.2 Å². The molecular formula is C11H12N2OS. The summed E-state index contributed by atoms with van der Waals surface area (Å²) in [4.78, 5) is 4.34. The summed E-state index contributed by atoms with van der Waals surface area (Å²) in [6.07, 6.45) is 3.38. The van der Waals surface area contributed by atoms with Crippen molar-refractivity contribution in [3.05, 3.63) is 23.7 Å². The zero-order chi connectivity index (χ0) is 10.3. The minimum Gasteiger partial charge on any atom is -0.393 e. The number of hydrogen-bond acceptors (Lipinski definition) is 4. The maximum absolute atomic E-state index is 9.21. The topological polar surface area (TPSA) is 45.1 Å². The van der Waals surface area contributed by atoms with Gasteiger partial charge in [-0.05, 0) is 30.4 Å². The van der Waals surface area contributed by atoms with Crippen LogP contribution in [-0.2, 0) is 0 Å². The van der Waals surface area contributed by atoms with Crippen molar-refractivity contribution in [1.82, 2.24) is 4.98 Å². The van der Waals surface area contributed by atoms with Gasteiger partial charge in [0.2, 0.25) is 0 Å². The van der Waals surface area contributed by atoms with E-state index in [0.29, 0.717) is 6.04 Å². The predicted molar refractivity (Wildman–Crippen MR) is 62.3 cm³/mol. The number of aliphatic hydroxyl groups is 1. The van der Waals surface area contributed by atoms with Crippen LogP contribution in [0.3, 0.4) is 0 Å². The number of fused-ring (bicyclic) bond motifs is 1. The molecule has 0 atom stereocenters. The molecular weight excluding hydrogens is 208 g/mol. The molecule has 15 heavy (non-hydrogen) atoms. The lowest BCUT2D eigenvalue weighted by molar-refractivity contribution is 0.0836. The molecule has 1 saturated carbocycles. The molecule has 2 heterocycles. The SMILES string of the molecule is OC1CC(Nc2nccc3sccc23)C1. The first-order valence-electron chi connectivity index (χ1n) is 5.10. The van der Waals surface area contributed by atoms with Crippen molar-refractivity contribution in [2.24, 2.45) is 0 Å². The summed E-state index contributed by atoms with van der Waals surface area (Å²) in [7, 11) is 0. The maximum atomic E-state index is 9.21. The van der Waals surface area contributed by atoms with Crippen molar-refractivity contribution in [2.45, 2.75) is 25.0 Å². The zero-order valence-electron chi connectivity index (χ0n) is 8.18. The lowest BCUT2D eigenvalue weighted by atomic mass is 9.89. The molecule has 1 fully saturated rings. The van der Waals surface area contributed by atoms with Crippen LogP contribution in [0, 0.1) is 0 Å². The normalized spacial score (nSPS) is 25.1. The maximum Gasteiger partial charge on any atom is 0.134 e. The number of rotatable bonds is 2.